The Morgan fingerprint density at radius 1 is 0.260 bits per heavy atom. The lowest BCUT2D eigenvalue weighted by Crippen LogP contribution is -2.30. The summed E-state index contributed by atoms with van der Waals surface area (Å²) in [5.74, 6) is -0.855. The number of allylic oxidation sites excluding steroid dienone is 6. The third-order valence-corrected chi connectivity index (χ3v) is 15.6. The van der Waals surface area contributed by atoms with Crippen LogP contribution in [-0.2, 0) is 28.6 Å². The van der Waals surface area contributed by atoms with Crippen molar-refractivity contribution in [1.82, 2.24) is 0 Å². The molecule has 0 aliphatic carbocycles. The van der Waals surface area contributed by atoms with Crippen molar-refractivity contribution in [3.8, 4) is 0 Å². The molecule has 1 atom stereocenters. The predicted octanol–water partition coefficient (Wildman–Crippen LogP) is 23.6. The lowest BCUT2D eigenvalue weighted by molar-refractivity contribution is -0.167. The summed E-state index contributed by atoms with van der Waals surface area (Å²) in [7, 11) is 0. The first-order valence-electron chi connectivity index (χ1n) is 34.5. The largest absolute Gasteiger partial charge is 0.462 e. The Balaban J connectivity index is 4.29. The number of carbonyl (C=O) groups is 3. The molecule has 0 saturated carbocycles. The van der Waals surface area contributed by atoms with E-state index in [0.29, 0.717) is 19.3 Å². The van der Waals surface area contributed by atoms with Gasteiger partial charge in [-0.25, -0.2) is 0 Å². The zero-order valence-corrected chi connectivity index (χ0v) is 52.0. The van der Waals surface area contributed by atoms with Gasteiger partial charge < -0.3 is 14.2 Å². The number of unbranched alkanes of at least 4 members (excludes halogenated alkanes) is 47. The molecule has 6 heteroatoms. The Labute approximate surface area is 480 Å². The highest BCUT2D eigenvalue weighted by molar-refractivity contribution is 5.71. The highest BCUT2D eigenvalue weighted by atomic mass is 16.6. The number of rotatable bonds is 64. The van der Waals surface area contributed by atoms with Crippen LogP contribution >= 0.6 is 0 Å². The van der Waals surface area contributed by atoms with Crippen molar-refractivity contribution < 1.29 is 28.6 Å². The van der Waals surface area contributed by atoms with Crippen molar-refractivity contribution in [3.05, 3.63) is 36.5 Å². The maximum absolute atomic E-state index is 12.9. The summed E-state index contributed by atoms with van der Waals surface area (Å²) >= 11 is 0. The third-order valence-electron chi connectivity index (χ3n) is 15.6. The topological polar surface area (TPSA) is 78.9 Å². The second-order valence-corrected chi connectivity index (χ2v) is 23.5. The Bertz CT molecular complexity index is 1290. The van der Waals surface area contributed by atoms with Crippen LogP contribution in [-0.4, -0.2) is 37.2 Å². The molecule has 1 unspecified atom stereocenters. The molecule has 0 rings (SSSR count). The van der Waals surface area contributed by atoms with Gasteiger partial charge in [-0.05, 0) is 57.8 Å². The van der Waals surface area contributed by atoms with Crippen LogP contribution in [0.1, 0.15) is 380 Å². The van der Waals surface area contributed by atoms with E-state index in [9.17, 15) is 14.4 Å². The van der Waals surface area contributed by atoms with Gasteiger partial charge in [0.15, 0.2) is 6.10 Å². The van der Waals surface area contributed by atoms with Crippen LogP contribution < -0.4 is 0 Å². The number of esters is 3. The molecule has 0 spiro atoms. The molecule has 0 radical (unpaired) electrons. The SMILES string of the molecule is CCCCC/C=C\C/C=C\C/C=C\CCCCCCCCC(=O)OC(COC(=O)CCCCCCCCCCCCCCCCCC)COC(=O)CCCCCCCCCCCCCCCCCCCCCCCCCC. The van der Waals surface area contributed by atoms with Gasteiger partial charge >= 0.3 is 17.9 Å². The fourth-order valence-electron chi connectivity index (χ4n) is 10.5. The van der Waals surface area contributed by atoms with Gasteiger partial charge in [0.05, 0.1) is 0 Å². The average Bonchev–Trinajstić information content (AvgIpc) is 3.43. The molecule has 77 heavy (non-hydrogen) atoms. The monoisotopic (exact) mass is 1080 g/mol. The molecule has 0 N–H and O–H groups in total. The van der Waals surface area contributed by atoms with Gasteiger partial charge in [-0.2, -0.15) is 0 Å². The molecule has 6 nitrogen and oxygen atoms in total. The van der Waals surface area contributed by atoms with Crippen LogP contribution in [0, 0.1) is 0 Å². The van der Waals surface area contributed by atoms with E-state index in [2.05, 4.69) is 57.2 Å². The van der Waals surface area contributed by atoms with Gasteiger partial charge in [-0.3, -0.25) is 14.4 Å². The first-order valence-corrected chi connectivity index (χ1v) is 34.5. The third kappa shape index (κ3) is 64.3. The quantitative estimate of drug-likeness (QED) is 0.0261. The number of hydrogen-bond acceptors (Lipinski definition) is 6. The van der Waals surface area contributed by atoms with Crippen LogP contribution in [0.3, 0.4) is 0 Å². The average molecular weight is 1080 g/mol. The molecule has 0 amide bonds. The molecule has 0 aromatic heterocycles. The lowest BCUT2D eigenvalue weighted by atomic mass is 10.0. The van der Waals surface area contributed by atoms with Crippen molar-refractivity contribution in [2.75, 3.05) is 13.2 Å². The molecule has 452 valence electrons. The van der Waals surface area contributed by atoms with E-state index >= 15 is 0 Å². The van der Waals surface area contributed by atoms with E-state index in [1.54, 1.807) is 0 Å². The van der Waals surface area contributed by atoms with Crippen molar-refractivity contribution in [3.63, 3.8) is 0 Å². The number of ether oxygens (including phenoxy) is 3. The van der Waals surface area contributed by atoms with Crippen molar-refractivity contribution in [2.24, 2.45) is 0 Å². The molecule has 0 bridgehead atoms. The van der Waals surface area contributed by atoms with E-state index in [1.807, 2.05) is 0 Å². The summed E-state index contributed by atoms with van der Waals surface area (Å²) in [6.07, 6.45) is 81.6. The van der Waals surface area contributed by atoms with E-state index in [1.165, 1.54) is 263 Å². The van der Waals surface area contributed by atoms with Crippen LogP contribution in [0.25, 0.3) is 0 Å². The molecular weight excluding hydrogens is 949 g/mol. The van der Waals surface area contributed by atoms with Gasteiger partial charge in [0.25, 0.3) is 0 Å². The van der Waals surface area contributed by atoms with E-state index in [0.717, 1.165) is 77.0 Å². The Morgan fingerprint density at radius 3 is 0.753 bits per heavy atom. The second kappa shape index (κ2) is 66.1. The number of carbonyl (C=O) groups excluding carboxylic acids is 3. The summed E-state index contributed by atoms with van der Waals surface area (Å²) in [6, 6.07) is 0. The zero-order chi connectivity index (χ0) is 55.7. The smallest absolute Gasteiger partial charge is 0.306 e. The minimum atomic E-state index is -0.777. The fourth-order valence-corrected chi connectivity index (χ4v) is 10.5. The summed E-state index contributed by atoms with van der Waals surface area (Å²) in [5, 5.41) is 0. The van der Waals surface area contributed by atoms with Crippen LogP contribution in [0.15, 0.2) is 36.5 Å². The molecule has 0 aromatic carbocycles. The highest BCUT2D eigenvalue weighted by Gasteiger charge is 2.19. The normalized spacial score (nSPS) is 12.2. The molecule has 0 saturated heterocycles. The minimum Gasteiger partial charge on any atom is -0.462 e. The highest BCUT2D eigenvalue weighted by Crippen LogP contribution is 2.18. The van der Waals surface area contributed by atoms with Crippen LogP contribution in [0.4, 0.5) is 0 Å². The zero-order valence-electron chi connectivity index (χ0n) is 52.0. The molecule has 0 aliphatic heterocycles. The van der Waals surface area contributed by atoms with Gasteiger partial charge in [0.1, 0.15) is 13.2 Å². The first kappa shape index (κ1) is 74.6. The molecule has 0 fully saturated rings. The Morgan fingerprint density at radius 2 is 0.468 bits per heavy atom. The summed E-state index contributed by atoms with van der Waals surface area (Å²) in [6.45, 7) is 6.68. The lowest BCUT2D eigenvalue weighted by Gasteiger charge is -2.18. The first-order chi connectivity index (χ1) is 38.0. The van der Waals surface area contributed by atoms with E-state index in [-0.39, 0.29) is 31.1 Å². The Kier molecular flexibility index (Phi) is 64.1. The molecule has 0 heterocycles. The molecule has 0 aromatic rings. The van der Waals surface area contributed by atoms with Crippen molar-refractivity contribution in [2.45, 2.75) is 386 Å². The van der Waals surface area contributed by atoms with Crippen LogP contribution in [0.5, 0.6) is 0 Å². The summed E-state index contributed by atoms with van der Waals surface area (Å²) in [4.78, 5) is 38.4. The minimum absolute atomic E-state index is 0.0719. The molecule has 0 aliphatic rings. The van der Waals surface area contributed by atoms with Crippen molar-refractivity contribution >= 4 is 17.9 Å². The van der Waals surface area contributed by atoms with Crippen molar-refractivity contribution in [1.29, 1.82) is 0 Å². The number of hydrogen-bond donors (Lipinski definition) is 0. The van der Waals surface area contributed by atoms with E-state index in [4.69, 9.17) is 14.2 Å². The maximum Gasteiger partial charge on any atom is 0.306 e. The summed E-state index contributed by atoms with van der Waals surface area (Å²) < 4.78 is 17.0. The Hall–Kier alpha value is -2.37. The second-order valence-electron chi connectivity index (χ2n) is 23.5. The van der Waals surface area contributed by atoms with E-state index < -0.39 is 6.10 Å². The van der Waals surface area contributed by atoms with Gasteiger partial charge in [0.2, 0.25) is 0 Å². The standard InChI is InChI=1S/C71H132O6/c1-4-7-10-13-16-19-22-25-28-31-33-34-35-36-37-39-40-43-46-49-52-55-58-61-64-70(73)76-67-68(66-75-69(72)63-60-57-54-51-48-45-42-30-27-24-21-18-15-12-9-6-3)77-71(74)65-62-59-56-53-50-47-44-41-38-32-29-26-23-20-17-14-11-8-5-2/h17,20,26,29,38,41,68H,4-16,18-19,21-25,27-28,30-37,39-40,42-67H2,1-3H3/b20-17-,29-26-,41-38-. The predicted molar refractivity (Wildman–Crippen MR) is 335 cm³/mol. The summed E-state index contributed by atoms with van der Waals surface area (Å²) in [5.41, 5.74) is 0. The van der Waals surface area contributed by atoms with Gasteiger partial charge in [0, 0.05) is 19.3 Å². The van der Waals surface area contributed by atoms with Crippen LogP contribution in [0.2, 0.25) is 0 Å². The van der Waals surface area contributed by atoms with Gasteiger partial charge in [-0.15, -0.1) is 0 Å². The fraction of sp³-hybridized carbons (Fsp3) is 0.873. The molecular formula is C71H132O6. The maximum atomic E-state index is 12.9. The van der Waals surface area contributed by atoms with Gasteiger partial charge in [-0.1, -0.05) is 340 Å².